The van der Waals surface area contributed by atoms with Gasteiger partial charge in [0, 0.05) is 42.7 Å². The van der Waals surface area contributed by atoms with Gasteiger partial charge in [-0.05, 0) is 50.2 Å². The highest BCUT2D eigenvalue weighted by atomic mass is 35.5. The number of nitrogens with one attached hydrogen (secondary N) is 2. The first-order valence-electron chi connectivity index (χ1n) is 8.29. The summed E-state index contributed by atoms with van der Waals surface area (Å²) in [7, 11) is 1.72. The molecule has 8 heteroatoms. The molecule has 1 aliphatic rings. The van der Waals surface area contributed by atoms with E-state index < -0.39 is 0 Å². The van der Waals surface area contributed by atoms with E-state index >= 15 is 0 Å². The number of halogens is 2. The molecule has 0 bridgehead atoms. The molecule has 2 heterocycles. The van der Waals surface area contributed by atoms with Crippen molar-refractivity contribution in [3.8, 4) is 5.69 Å². The maximum absolute atomic E-state index is 12.4. The summed E-state index contributed by atoms with van der Waals surface area (Å²) in [6, 6.07) is 7.53. The number of carbonyl (C=O) groups excluding carboxylic acids is 1. The Balaban J connectivity index is 0.00000169. The van der Waals surface area contributed by atoms with Crippen LogP contribution in [0.1, 0.15) is 23.2 Å². The van der Waals surface area contributed by atoms with E-state index in [2.05, 4.69) is 15.6 Å². The summed E-state index contributed by atoms with van der Waals surface area (Å²) in [6.45, 7) is 3.26. The Bertz CT molecular complexity index is 651. The number of hydrogen-bond donors (Lipinski definition) is 2. The molecule has 2 aromatic rings. The summed E-state index contributed by atoms with van der Waals surface area (Å²) in [6.07, 6.45) is 7.37. The molecule has 144 valence electrons. The lowest BCUT2D eigenvalue weighted by atomic mass is 9.79. The average Bonchev–Trinajstić information content (AvgIpc) is 3.16. The van der Waals surface area contributed by atoms with Crippen molar-refractivity contribution >= 4 is 30.7 Å². The van der Waals surface area contributed by atoms with Gasteiger partial charge in [-0.3, -0.25) is 4.79 Å². The van der Waals surface area contributed by atoms with E-state index in [4.69, 9.17) is 4.74 Å². The number of nitrogens with zero attached hydrogens (tertiary/aromatic N) is 2. The predicted octanol–water partition coefficient (Wildman–Crippen LogP) is 2.46. The summed E-state index contributed by atoms with van der Waals surface area (Å²) in [4.78, 5) is 16.5. The Labute approximate surface area is 166 Å². The summed E-state index contributed by atoms with van der Waals surface area (Å²) >= 11 is 0. The standard InChI is InChI=1S/C18H24N4O2.2ClH/c1-24-13-18(6-8-19-9-7-18)12-21-17(23)15-2-4-16(5-3-15)22-11-10-20-14-22;;/h2-5,10-11,14,19H,6-9,12-13H2,1H3,(H,21,23);2*1H. The zero-order chi connectivity index (χ0) is 16.8. The van der Waals surface area contributed by atoms with E-state index in [9.17, 15) is 4.79 Å². The van der Waals surface area contributed by atoms with Gasteiger partial charge in [-0.1, -0.05) is 0 Å². The van der Waals surface area contributed by atoms with Gasteiger partial charge < -0.3 is 19.9 Å². The summed E-state index contributed by atoms with van der Waals surface area (Å²) in [5.41, 5.74) is 1.69. The zero-order valence-corrected chi connectivity index (χ0v) is 16.4. The summed E-state index contributed by atoms with van der Waals surface area (Å²) < 4.78 is 7.30. The molecule has 2 N–H and O–H groups in total. The van der Waals surface area contributed by atoms with Crippen LogP contribution in [0.2, 0.25) is 0 Å². The van der Waals surface area contributed by atoms with E-state index in [1.165, 1.54) is 0 Å². The average molecular weight is 401 g/mol. The van der Waals surface area contributed by atoms with Gasteiger partial charge in [0.25, 0.3) is 5.91 Å². The van der Waals surface area contributed by atoms with Crippen molar-refractivity contribution in [3.05, 3.63) is 48.5 Å². The van der Waals surface area contributed by atoms with Gasteiger partial charge in [-0.2, -0.15) is 0 Å². The van der Waals surface area contributed by atoms with E-state index in [1.54, 1.807) is 19.6 Å². The molecule has 1 saturated heterocycles. The second kappa shape index (κ2) is 10.5. The normalized spacial score (nSPS) is 15.4. The molecule has 1 aliphatic heterocycles. The molecule has 0 aliphatic carbocycles. The molecule has 0 saturated carbocycles. The van der Waals surface area contributed by atoms with Crippen LogP contribution in [0.5, 0.6) is 0 Å². The molecule has 1 aromatic heterocycles. The third-order valence-electron chi connectivity index (χ3n) is 4.67. The second-order valence-electron chi connectivity index (χ2n) is 6.38. The molecule has 1 aromatic carbocycles. The van der Waals surface area contributed by atoms with Crippen LogP contribution >= 0.6 is 24.8 Å². The number of hydrogen-bond acceptors (Lipinski definition) is 4. The lowest BCUT2D eigenvalue weighted by molar-refractivity contribution is 0.0512. The van der Waals surface area contributed by atoms with E-state index in [0.29, 0.717) is 18.7 Å². The van der Waals surface area contributed by atoms with Gasteiger partial charge in [0.15, 0.2) is 0 Å². The Morgan fingerprint density at radius 1 is 1.27 bits per heavy atom. The van der Waals surface area contributed by atoms with Crippen LogP contribution in [0.25, 0.3) is 5.69 Å². The van der Waals surface area contributed by atoms with Crippen molar-refractivity contribution in [2.24, 2.45) is 5.41 Å². The molecule has 0 unspecified atom stereocenters. The van der Waals surface area contributed by atoms with Crippen molar-refractivity contribution in [2.75, 3.05) is 33.4 Å². The minimum Gasteiger partial charge on any atom is -0.384 e. The largest absolute Gasteiger partial charge is 0.384 e. The third-order valence-corrected chi connectivity index (χ3v) is 4.67. The van der Waals surface area contributed by atoms with Gasteiger partial charge in [-0.25, -0.2) is 4.98 Å². The number of piperidine rings is 1. The molecular weight excluding hydrogens is 375 g/mol. The van der Waals surface area contributed by atoms with E-state index in [1.807, 2.05) is 35.0 Å². The lowest BCUT2D eigenvalue weighted by Gasteiger charge is -2.37. The van der Waals surface area contributed by atoms with Gasteiger partial charge in [0.1, 0.15) is 0 Å². The Morgan fingerprint density at radius 3 is 2.54 bits per heavy atom. The molecule has 1 amide bonds. The van der Waals surface area contributed by atoms with Gasteiger partial charge >= 0.3 is 0 Å². The summed E-state index contributed by atoms with van der Waals surface area (Å²) in [5, 5.41) is 6.44. The van der Waals surface area contributed by atoms with E-state index in [-0.39, 0.29) is 36.1 Å². The minimum absolute atomic E-state index is 0. The monoisotopic (exact) mass is 400 g/mol. The number of methoxy groups -OCH3 is 1. The van der Waals surface area contributed by atoms with Crippen molar-refractivity contribution < 1.29 is 9.53 Å². The number of amides is 1. The van der Waals surface area contributed by atoms with Crippen LogP contribution in [-0.2, 0) is 4.74 Å². The van der Waals surface area contributed by atoms with Crippen LogP contribution in [-0.4, -0.2) is 48.8 Å². The first kappa shape index (κ1) is 22.4. The van der Waals surface area contributed by atoms with E-state index in [0.717, 1.165) is 31.6 Å². The highest BCUT2D eigenvalue weighted by molar-refractivity contribution is 5.94. The fourth-order valence-corrected chi connectivity index (χ4v) is 3.20. The molecule has 6 nitrogen and oxygen atoms in total. The fraction of sp³-hybridized carbons (Fsp3) is 0.444. The van der Waals surface area contributed by atoms with Gasteiger partial charge in [-0.15, -0.1) is 24.8 Å². The SMILES string of the molecule is COCC1(CNC(=O)c2ccc(-n3ccnc3)cc2)CCNCC1.Cl.Cl. The number of ether oxygens (including phenoxy) is 1. The van der Waals surface area contributed by atoms with Crippen molar-refractivity contribution in [1.82, 2.24) is 20.2 Å². The summed E-state index contributed by atoms with van der Waals surface area (Å²) in [5.74, 6) is -0.0406. The van der Waals surface area contributed by atoms with Gasteiger partial charge in [0.2, 0.25) is 0 Å². The number of rotatable bonds is 6. The quantitative estimate of drug-likeness (QED) is 0.781. The third kappa shape index (κ3) is 5.45. The van der Waals surface area contributed by atoms with Crippen molar-refractivity contribution in [3.63, 3.8) is 0 Å². The first-order valence-corrected chi connectivity index (χ1v) is 8.29. The smallest absolute Gasteiger partial charge is 0.251 e. The molecule has 3 rings (SSSR count). The van der Waals surface area contributed by atoms with Crippen molar-refractivity contribution in [1.29, 1.82) is 0 Å². The maximum atomic E-state index is 12.4. The molecule has 0 spiro atoms. The highest BCUT2D eigenvalue weighted by Gasteiger charge is 2.32. The van der Waals surface area contributed by atoms with Crippen LogP contribution in [0.15, 0.2) is 43.0 Å². The first-order chi connectivity index (χ1) is 11.7. The highest BCUT2D eigenvalue weighted by Crippen LogP contribution is 2.28. The topological polar surface area (TPSA) is 68.2 Å². The fourth-order valence-electron chi connectivity index (χ4n) is 3.20. The lowest BCUT2D eigenvalue weighted by Crippen LogP contribution is -2.47. The molecule has 26 heavy (non-hydrogen) atoms. The number of benzene rings is 1. The minimum atomic E-state index is -0.0406. The Morgan fingerprint density at radius 2 is 1.96 bits per heavy atom. The zero-order valence-electron chi connectivity index (χ0n) is 14.8. The van der Waals surface area contributed by atoms with Crippen LogP contribution in [0, 0.1) is 5.41 Å². The van der Waals surface area contributed by atoms with Crippen LogP contribution in [0.3, 0.4) is 0 Å². The number of carbonyl (C=O) groups is 1. The Hall–Kier alpha value is -1.60. The van der Waals surface area contributed by atoms with Crippen LogP contribution in [0.4, 0.5) is 0 Å². The molecule has 1 fully saturated rings. The van der Waals surface area contributed by atoms with Crippen LogP contribution < -0.4 is 10.6 Å². The number of aromatic nitrogens is 2. The Kier molecular flexibility index (Phi) is 9.08. The maximum Gasteiger partial charge on any atom is 0.251 e. The molecule has 0 radical (unpaired) electrons. The van der Waals surface area contributed by atoms with Crippen molar-refractivity contribution in [2.45, 2.75) is 12.8 Å². The number of imidazole rings is 1. The molecule has 0 atom stereocenters. The predicted molar refractivity (Wildman–Crippen MR) is 107 cm³/mol. The second-order valence-corrected chi connectivity index (χ2v) is 6.38. The molecular formula is C18H26Cl2N4O2. The van der Waals surface area contributed by atoms with Gasteiger partial charge in [0.05, 0.1) is 12.9 Å².